The van der Waals surface area contributed by atoms with Gasteiger partial charge >= 0.3 is 0 Å². The molecule has 0 amide bonds. The topological polar surface area (TPSA) is 63.8 Å². The molecular weight excluding hydrogens is 224 g/mol. The van der Waals surface area contributed by atoms with Gasteiger partial charge in [0, 0.05) is 18.0 Å². The van der Waals surface area contributed by atoms with Crippen molar-refractivity contribution in [2.45, 2.75) is 59.9 Å². The minimum absolute atomic E-state index is 0.401. The molecule has 0 aliphatic rings. The summed E-state index contributed by atoms with van der Waals surface area (Å²) in [5, 5.41) is 3.46. The fourth-order valence-electron chi connectivity index (χ4n) is 1.94. The average molecular weight is 250 g/mol. The molecule has 3 N–H and O–H groups in total. The zero-order valence-electron chi connectivity index (χ0n) is 12.2. The number of nitrogens with one attached hydrogen (secondary N) is 1. The summed E-state index contributed by atoms with van der Waals surface area (Å²) >= 11 is 0. The van der Waals surface area contributed by atoms with Crippen LogP contribution in [0.5, 0.6) is 0 Å². The fraction of sp³-hybridized carbons (Fsp3) is 0.714. The van der Waals surface area contributed by atoms with Crippen molar-refractivity contribution < 1.29 is 0 Å². The summed E-state index contributed by atoms with van der Waals surface area (Å²) in [5.74, 6) is 2.99. The van der Waals surface area contributed by atoms with E-state index in [4.69, 9.17) is 5.73 Å². The Morgan fingerprint density at radius 3 is 2.44 bits per heavy atom. The zero-order valence-corrected chi connectivity index (χ0v) is 12.2. The van der Waals surface area contributed by atoms with Crippen LogP contribution in [-0.4, -0.2) is 16.0 Å². The predicted octanol–water partition coefficient (Wildman–Crippen LogP) is 3.17. The van der Waals surface area contributed by atoms with Crippen LogP contribution in [0.2, 0.25) is 0 Å². The third-order valence-electron chi connectivity index (χ3n) is 3.38. The SMILES string of the molecule is CCc1nc(N)c(C)c(NC(C)CC(C)CC)n1. The number of hydrogen-bond donors (Lipinski definition) is 2. The Hall–Kier alpha value is -1.32. The van der Waals surface area contributed by atoms with Gasteiger partial charge in [0.05, 0.1) is 0 Å². The maximum atomic E-state index is 5.91. The summed E-state index contributed by atoms with van der Waals surface area (Å²) in [6.45, 7) is 10.7. The maximum Gasteiger partial charge on any atom is 0.134 e. The molecule has 0 bridgehead atoms. The third kappa shape index (κ3) is 3.86. The van der Waals surface area contributed by atoms with Crippen molar-refractivity contribution in [1.29, 1.82) is 0 Å². The largest absolute Gasteiger partial charge is 0.383 e. The second kappa shape index (κ2) is 6.57. The number of aryl methyl sites for hydroxylation is 1. The summed E-state index contributed by atoms with van der Waals surface area (Å²) in [7, 11) is 0. The Kier molecular flexibility index (Phi) is 5.38. The van der Waals surface area contributed by atoms with Gasteiger partial charge in [0.25, 0.3) is 0 Å². The number of nitrogens with two attached hydrogens (primary N) is 1. The molecule has 4 heteroatoms. The minimum Gasteiger partial charge on any atom is -0.383 e. The average Bonchev–Trinajstić information content (AvgIpc) is 2.34. The van der Waals surface area contributed by atoms with Gasteiger partial charge in [-0.05, 0) is 26.2 Å². The van der Waals surface area contributed by atoms with E-state index in [2.05, 4.69) is 36.1 Å². The number of nitrogen functional groups attached to an aromatic ring is 1. The van der Waals surface area contributed by atoms with Gasteiger partial charge in [-0.25, -0.2) is 9.97 Å². The Bertz CT molecular complexity index is 390. The first-order chi connectivity index (χ1) is 8.47. The molecule has 1 aromatic rings. The maximum absolute atomic E-state index is 5.91. The van der Waals surface area contributed by atoms with Crippen molar-refractivity contribution in [3.8, 4) is 0 Å². The van der Waals surface area contributed by atoms with E-state index in [0.717, 1.165) is 36.0 Å². The van der Waals surface area contributed by atoms with Gasteiger partial charge in [0.2, 0.25) is 0 Å². The standard InChI is InChI=1S/C14H26N4/c1-6-9(3)8-10(4)16-14-11(5)13(15)17-12(7-2)18-14/h9-10H,6-8H2,1-5H3,(H3,15,16,17,18). The highest BCUT2D eigenvalue weighted by molar-refractivity contribution is 5.55. The van der Waals surface area contributed by atoms with Gasteiger partial charge in [-0.2, -0.15) is 0 Å². The molecule has 0 aliphatic carbocycles. The minimum atomic E-state index is 0.401. The fourth-order valence-corrected chi connectivity index (χ4v) is 1.94. The molecule has 18 heavy (non-hydrogen) atoms. The first kappa shape index (κ1) is 14.7. The van der Waals surface area contributed by atoms with Crippen molar-refractivity contribution in [2.24, 2.45) is 5.92 Å². The van der Waals surface area contributed by atoms with Crippen LogP contribution in [0.3, 0.4) is 0 Å². The predicted molar refractivity (Wildman–Crippen MR) is 77.7 cm³/mol. The van der Waals surface area contributed by atoms with E-state index in [9.17, 15) is 0 Å². The number of hydrogen-bond acceptors (Lipinski definition) is 4. The summed E-state index contributed by atoms with van der Waals surface area (Å²) in [4.78, 5) is 8.79. The van der Waals surface area contributed by atoms with Crippen LogP contribution in [0.1, 0.15) is 51.9 Å². The first-order valence-corrected chi connectivity index (χ1v) is 6.87. The molecular formula is C14H26N4. The van der Waals surface area contributed by atoms with Crippen LogP contribution in [0, 0.1) is 12.8 Å². The lowest BCUT2D eigenvalue weighted by atomic mass is 10.0. The second-order valence-corrected chi connectivity index (χ2v) is 5.15. The smallest absolute Gasteiger partial charge is 0.134 e. The van der Waals surface area contributed by atoms with Crippen molar-refractivity contribution >= 4 is 11.6 Å². The van der Waals surface area contributed by atoms with E-state index in [-0.39, 0.29) is 0 Å². The number of nitrogens with zero attached hydrogens (tertiary/aromatic N) is 2. The highest BCUT2D eigenvalue weighted by Gasteiger charge is 2.12. The van der Waals surface area contributed by atoms with Crippen LogP contribution < -0.4 is 11.1 Å². The van der Waals surface area contributed by atoms with E-state index in [1.807, 2.05) is 13.8 Å². The summed E-state index contributed by atoms with van der Waals surface area (Å²) in [6, 6.07) is 0.401. The Labute approximate surface area is 110 Å². The van der Waals surface area contributed by atoms with Gasteiger partial charge < -0.3 is 11.1 Å². The Balaban J connectivity index is 2.80. The summed E-state index contributed by atoms with van der Waals surface area (Å²) in [6.07, 6.45) is 3.15. The van der Waals surface area contributed by atoms with Crippen molar-refractivity contribution in [3.05, 3.63) is 11.4 Å². The zero-order chi connectivity index (χ0) is 13.7. The van der Waals surface area contributed by atoms with Crippen LogP contribution in [0.15, 0.2) is 0 Å². The van der Waals surface area contributed by atoms with Crippen LogP contribution in [0.25, 0.3) is 0 Å². The van der Waals surface area contributed by atoms with Crippen LogP contribution in [-0.2, 0) is 6.42 Å². The highest BCUT2D eigenvalue weighted by Crippen LogP contribution is 2.20. The molecule has 0 saturated carbocycles. The molecule has 0 fully saturated rings. The molecule has 0 aromatic carbocycles. The van der Waals surface area contributed by atoms with Crippen LogP contribution >= 0.6 is 0 Å². The van der Waals surface area contributed by atoms with Crippen molar-refractivity contribution in [1.82, 2.24) is 9.97 Å². The van der Waals surface area contributed by atoms with Gasteiger partial charge in [-0.15, -0.1) is 0 Å². The molecule has 0 aliphatic heterocycles. The molecule has 0 saturated heterocycles. The van der Waals surface area contributed by atoms with E-state index in [0.29, 0.717) is 11.9 Å². The van der Waals surface area contributed by atoms with Gasteiger partial charge in [0.1, 0.15) is 17.5 Å². The molecule has 1 rings (SSSR count). The third-order valence-corrected chi connectivity index (χ3v) is 3.38. The Morgan fingerprint density at radius 2 is 1.89 bits per heavy atom. The normalized spacial score (nSPS) is 14.3. The first-order valence-electron chi connectivity index (χ1n) is 6.87. The monoisotopic (exact) mass is 250 g/mol. The molecule has 1 heterocycles. The number of rotatable bonds is 6. The van der Waals surface area contributed by atoms with Gasteiger partial charge in [-0.3, -0.25) is 0 Å². The molecule has 1 aromatic heterocycles. The van der Waals surface area contributed by atoms with Crippen LogP contribution in [0.4, 0.5) is 11.6 Å². The lowest BCUT2D eigenvalue weighted by Crippen LogP contribution is -2.20. The van der Waals surface area contributed by atoms with E-state index < -0.39 is 0 Å². The lowest BCUT2D eigenvalue weighted by molar-refractivity contribution is 0.483. The molecule has 2 unspecified atom stereocenters. The Morgan fingerprint density at radius 1 is 1.22 bits per heavy atom. The van der Waals surface area contributed by atoms with Crippen molar-refractivity contribution in [2.75, 3.05) is 11.1 Å². The second-order valence-electron chi connectivity index (χ2n) is 5.15. The molecule has 4 nitrogen and oxygen atoms in total. The molecule has 0 radical (unpaired) electrons. The summed E-state index contributed by atoms with van der Waals surface area (Å²) < 4.78 is 0. The molecule has 0 spiro atoms. The van der Waals surface area contributed by atoms with E-state index in [1.54, 1.807) is 0 Å². The molecule has 2 atom stereocenters. The van der Waals surface area contributed by atoms with Gasteiger partial charge in [-0.1, -0.05) is 27.2 Å². The van der Waals surface area contributed by atoms with E-state index >= 15 is 0 Å². The molecule has 102 valence electrons. The van der Waals surface area contributed by atoms with E-state index in [1.165, 1.54) is 6.42 Å². The lowest BCUT2D eigenvalue weighted by Gasteiger charge is -2.20. The van der Waals surface area contributed by atoms with Gasteiger partial charge in [0.15, 0.2) is 0 Å². The number of aromatic nitrogens is 2. The quantitative estimate of drug-likeness (QED) is 0.814. The van der Waals surface area contributed by atoms with Crippen molar-refractivity contribution in [3.63, 3.8) is 0 Å². The number of anilines is 2. The summed E-state index contributed by atoms with van der Waals surface area (Å²) in [5.41, 5.74) is 6.86. The highest BCUT2D eigenvalue weighted by atomic mass is 15.1.